The molecule has 59 heavy (non-hydrogen) atoms. The number of fused-ring (bicyclic) bond motifs is 8. The van der Waals surface area contributed by atoms with Gasteiger partial charge in [0, 0.05) is 40.3 Å². The van der Waals surface area contributed by atoms with Crippen LogP contribution in [0.25, 0.3) is 38.6 Å². The normalized spacial score (nSPS) is 17.2. The van der Waals surface area contributed by atoms with Crippen LogP contribution in [0.3, 0.4) is 0 Å². The van der Waals surface area contributed by atoms with Crippen molar-refractivity contribution in [1.82, 2.24) is 4.57 Å². The molecule has 1 aliphatic carbocycles. The summed E-state index contributed by atoms with van der Waals surface area (Å²) < 4.78 is 2.49. The van der Waals surface area contributed by atoms with E-state index in [0.29, 0.717) is 0 Å². The average molecular weight is 762 g/mol. The van der Waals surface area contributed by atoms with Crippen molar-refractivity contribution in [3.63, 3.8) is 0 Å². The van der Waals surface area contributed by atoms with Crippen molar-refractivity contribution in [2.24, 2.45) is 0 Å². The molecular formula is C54H43N5. The molecule has 3 aliphatic rings. The summed E-state index contributed by atoms with van der Waals surface area (Å²) in [5.74, 6) is 0. The molecule has 8 aromatic carbocycles. The zero-order valence-electron chi connectivity index (χ0n) is 33.3. The fraction of sp³-hybridized carbons (Fsp3) is 0.111. The number of hydrogen-bond donors (Lipinski definition) is 1. The molecule has 12 rings (SSSR count). The topological polar surface area (TPSA) is 26.7 Å². The highest BCUT2D eigenvalue weighted by Crippen LogP contribution is 2.53. The first-order valence-electron chi connectivity index (χ1n) is 20.6. The smallest absolute Gasteiger partial charge is 0.132 e. The summed E-state index contributed by atoms with van der Waals surface area (Å²) in [6.45, 7) is 4.75. The minimum atomic E-state index is -0.116. The molecular weight excluding hydrogens is 719 g/mol. The van der Waals surface area contributed by atoms with E-state index in [1.165, 1.54) is 77.9 Å². The van der Waals surface area contributed by atoms with Crippen LogP contribution in [-0.4, -0.2) is 11.6 Å². The zero-order chi connectivity index (χ0) is 39.4. The number of nitrogens with one attached hydrogen (secondary N) is 1. The van der Waals surface area contributed by atoms with Gasteiger partial charge >= 0.3 is 0 Å². The molecule has 0 saturated carbocycles. The van der Waals surface area contributed by atoms with Gasteiger partial charge in [0.15, 0.2) is 0 Å². The predicted molar refractivity (Wildman–Crippen MR) is 246 cm³/mol. The van der Waals surface area contributed by atoms with E-state index >= 15 is 0 Å². The monoisotopic (exact) mass is 761 g/mol. The Bertz CT molecular complexity index is 3090. The number of benzene rings is 8. The van der Waals surface area contributed by atoms with Gasteiger partial charge in [0.05, 0.1) is 33.8 Å². The summed E-state index contributed by atoms with van der Waals surface area (Å²) in [6.07, 6.45) is -0.0474. The zero-order valence-corrected chi connectivity index (χ0v) is 33.3. The first-order valence-corrected chi connectivity index (χ1v) is 20.6. The van der Waals surface area contributed by atoms with Crippen LogP contribution in [0.1, 0.15) is 48.4 Å². The molecule has 1 aromatic heterocycles. The highest BCUT2D eigenvalue weighted by atomic mass is 15.4. The van der Waals surface area contributed by atoms with Crippen LogP contribution in [0, 0.1) is 0 Å². The van der Waals surface area contributed by atoms with Crippen molar-refractivity contribution in [1.29, 1.82) is 0 Å². The minimum Gasteiger partial charge on any atom is -0.359 e. The van der Waals surface area contributed by atoms with Crippen LogP contribution in [0.15, 0.2) is 188 Å². The molecule has 0 fully saturated rings. The van der Waals surface area contributed by atoms with Gasteiger partial charge in [0.1, 0.15) is 12.3 Å². The van der Waals surface area contributed by atoms with E-state index < -0.39 is 0 Å². The number of rotatable bonds is 5. The molecule has 1 N–H and O–H groups in total. The first-order chi connectivity index (χ1) is 29.0. The molecule has 9 aromatic rings. The van der Waals surface area contributed by atoms with Gasteiger partial charge in [0.25, 0.3) is 0 Å². The second kappa shape index (κ2) is 12.6. The summed E-state index contributed by atoms with van der Waals surface area (Å²) in [5, 5.41) is 6.35. The maximum Gasteiger partial charge on any atom is 0.132 e. The van der Waals surface area contributed by atoms with Crippen molar-refractivity contribution < 1.29 is 0 Å². The predicted octanol–water partition coefficient (Wildman–Crippen LogP) is 13.6. The molecule has 2 aliphatic heterocycles. The van der Waals surface area contributed by atoms with Crippen LogP contribution >= 0.6 is 0 Å². The van der Waals surface area contributed by atoms with Crippen LogP contribution in [0.5, 0.6) is 0 Å². The maximum absolute atomic E-state index is 3.83. The van der Waals surface area contributed by atoms with Crippen LogP contribution < -0.4 is 20.0 Å². The Labute approximate surface area is 345 Å². The molecule has 3 heterocycles. The summed E-state index contributed by atoms with van der Waals surface area (Å²) in [6, 6.07) is 69.2. The van der Waals surface area contributed by atoms with Gasteiger partial charge < -0.3 is 24.6 Å². The van der Waals surface area contributed by atoms with Gasteiger partial charge in [0.2, 0.25) is 0 Å². The van der Waals surface area contributed by atoms with Gasteiger partial charge in [-0.05, 0) is 118 Å². The van der Waals surface area contributed by atoms with Gasteiger partial charge in [-0.15, -0.1) is 0 Å². The Morgan fingerprint density at radius 2 is 1.07 bits per heavy atom. The molecule has 0 radical (unpaired) electrons. The lowest BCUT2D eigenvalue weighted by Crippen LogP contribution is -2.30. The van der Waals surface area contributed by atoms with Crippen LogP contribution in [-0.2, 0) is 5.41 Å². The van der Waals surface area contributed by atoms with E-state index in [1.54, 1.807) is 0 Å². The Morgan fingerprint density at radius 3 is 1.83 bits per heavy atom. The average Bonchev–Trinajstić information content (AvgIpc) is 3.99. The second-order valence-electron chi connectivity index (χ2n) is 16.7. The van der Waals surface area contributed by atoms with E-state index in [0.717, 1.165) is 17.1 Å². The summed E-state index contributed by atoms with van der Waals surface area (Å²) in [4.78, 5) is 7.32. The fourth-order valence-corrected chi connectivity index (χ4v) is 10.4. The molecule has 0 bridgehead atoms. The van der Waals surface area contributed by atoms with E-state index in [1.807, 2.05) is 0 Å². The van der Waals surface area contributed by atoms with Crippen molar-refractivity contribution in [3.05, 3.63) is 210 Å². The Hall–Kier alpha value is -7.24. The van der Waals surface area contributed by atoms with Crippen LogP contribution in [0.4, 0.5) is 34.1 Å². The second-order valence-corrected chi connectivity index (χ2v) is 16.7. The molecule has 2 unspecified atom stereocenters. The Morgan fingerprint density at radius 1 is 0.458 bits per heavy atom. The Kier molecular flexibility index (Phi) is 7.25. The lowest BCUT2D eigenvalue weighted by Gasteiger charge is -2.31. The highest BCUT2D eigenvalue weighted by Gasteiger charge is 2.38. The standard InChI is InChI=1S/C54H43N5/c1-54(2)44-21-11-10-20-40(44)41-33-43-42-32-36(53-56(3)49-24-14-15-25-50(49)59(53)38-18-8-5-9-19-38)28-31-47(42)57(51(43)34-45(41)54)39-29-26-35(27-30-39)52-55-46-22-12-13-23-48(46)58(52)37-16-6-4-7-17-37/h4-34,52-53,55H,1-3H3. The number of aromatic nitrogens is 1. The van der Waals surface area contributed by atoms with Crippen molar-refractivity contribution >= 4 is 55.9 Å². The van der Waals surface area contributed by atoms with Crippen LogP contribution in [0.2, 0.25) is 0 Å². The lowest BCUT2D eigenvalue weighted by atomic mass is 9.82. The molecule has 0 amide bonds. The van der Waals surface area contributed by atoms with Crippen molar-refractivity contribution in [2.45, 2.75) is 31.6 Å². The number of nitrogens with zero attached hydrogens (tertiary/aromatic N) is 4. The number of hydrogen-bond acceptors (Lipinski definition) is 4. The molecule has 0 spiro atoms. The molecule has 0 saturated heterocycles. The number of anilines is 6. The molecule has 5 nitrogen and oxygen atoms in total. The maximum atomic E-state index is 3.83. The third-order valence-corrected chi connectivity index (χ3v) is 13.2. The molecule has 2 atom stereocenters. The van der Waals surface area contributed by atoms with Crippen molar-refractivity contribution in [2.75, 3.05) is 27.1 Å². The van der Waals surface area contributed by atoms with Gasteiger partial charge in [-0.2, -0.15) is 0 Å². The number of para-hydroxylation sites is 6. The largest absolute Gasteiger partial charge is 0.359 e. The molecule has 284 valence electrons. The lowest BCUT2D eigenvalue weighted by molar-refractivity contribution is 0.661. The van der Waals surface area contributed by atoms with E-state index in [9.17, 15) is 0 Å². The fourth-order valence-electron chi connectivity index (χ4n) is 10.4. The van der Waals surface area contributed by atoms with Crippen molar-refractivity contribution in [3.8, 4) is 16.8 Å². The Balaban J connectivity index is 1.04. The van der Waals surface area contributed by atoms with Gasteiger partial charge in [-0.3, -0.25) is 0 Å². The summed E-state index contributed by atoms with van der Waals surface area (Å²) in [7, 11) is 2.23. The minimum absolute atomic E-state index is 0.0124. The summed E-state index contributed by atoms with van der Waals surface area (Å²) >= 11 is 0. The summed E-state index contributed by atoms with van der Waals surface area (Å²) in [5.41, 5.74) is 18.5. The quantitative estimate of drug-likeness (QED) is 0.189. The first kappa shape index (κ1) is 33.9. The van der Waals surface area contributed by atoms with E-state index in [2.05, 4.69) is 234 Å². The SMILES string of the molecule is CN1c2ccccc2N(c2ccccc2)C1c1ccc2c(c1)c1cc3c(cc1n2-c1ccc(C2Nc4ccccc4N2c2ccccc2)cc1)C(C)(C)c1ccccc1-3. The molecule has 5 heteroatoms. The van der Waals surface area contributed by atoms with Gasteiger partial charge in [-0.1, -0.05) is 117 Å². The third kappa shape index (κ3) is 4.91. The van der Waals surface area contributed by atoms with E-state index in [4.69, 9.17) is 0 Å². The van der Waals surface area contributed by atoms with E-state index in [-0.39, 0.29) is 17.7 Å². The highest BCUT2D eigenvalue weighted by molar-refractivity contribution is 6.12. The third-order valence-electron chi connectivity index (χ3n) is 13.2. The van der Waals surface area contributed by atoms with Gasteiger partial charge in [-0.25, -0.2) is 0 Å².